The summed E-state index contributed by atoms with van der Waals surface area (Å²) in [6.07, 6.45) is 0.887. The van der Waals surface area contributed by atoms with Crippen molar-refractivity contribution < 1.29 is 42.5 Å². The van der Waals surface area contributed by atoms with Crippen LogP contribution >= 0.6 is 12.2 Å². The van der Waals surface area contributed by atoms with Crippen molar-refractivity contribution in [3.05, 3.63) is 0 Å². The minimum absolute atomic E-state index is 0. The molecule has 0 saturated carbocycles. The van der Waals surface area contributed by atoms with Crippen molar-refractivity contribution in [1.29, 1.82) is 0 Å². The fraction of sp³-hybridized carbons (Fsp3) is 0.800. The molecule has 0 atom stereocenters. The van der Waals surface area contributed by atoms with Crippen LogP contribution in [-0.2, 0) is 10.1 Å². The van der Waals surface area contributed by atoms with Crippen LogP contribution in [0, 0.1) is 0 Å². The number of hydrogen-bond donors (Lipinski definition) is 0. The van der Waals surface area contributed by atoms with Gasteiger partial charge in [-0.15, -0.1) is 0 Å². The van der Waals surface area contributed by atoms with E-state index in [-0.39, 0.29) is 35.3 Å². The summed E-state index contributed by atoms with van der Waals surface area (Å²) >= 11 is 4.69. The zero-order chi connectivity index (χ0) is 8.20. The molecule has 0 fully saturated rings. The van der Waals surface area contributed by atoms with Crippen molar-refractivity contribution in [3.8, 4) is 0 Å². The minimum Gasteiger partial charge on any atom is -0.748 e. The van der Waals surface area contributed by atoms with Gasteiger partial charge in [0.1, 0.15) is 0 Å². The first-order chi connectivity index (χ1) is 4.42. The van der Waals surface area contributed by atoms with Crippen LogP contribution < -0.4 is 29.6 Å². The molecule has 0 heterocycles. The molecule has 0 aromatic heterocycles. The van der Waals surface area contributed by atoms with E-state index in [0.29, 0.717) is 12.8 Å². The molecule has 0 rings (SSSR count). The predicted octanol–water partition coefficient (Wildman–Crippen LogP) is -2.29. The largest absolute Gasteiger partial charge is 1.00 e. The Bertz CT molecular complexity index is 210. The molecule has 0 aliphatic heterocycles. The molecule has 0 unspecified atom stereocenters. The van der Waals surface area contributed by atoms with Crippen molar-refractivity contribution in [3.63, 3.8) is 0 Å². The maximum Gasteiger partial charge on any atom is 1.00 e. The van der Waals surface area contributed by atoms with Crippen molar-refractivity contribution in [2.75, 3.05) is 5.75 Å². The smallest absolute Gasteiger partial charge is 0.748 e. The van der Waals surface area contributed by atoms with Gasteiger partial charge in [0.25, 0.3) is 0 Å². The molecule has 60 valence electrons. The third kappa shape index (κ3) is 13.9. The van der Waals surface area contributed by atoms with Gasteiger partial charge in [-0.05, 0) is 24.6 Å². The van der Waals surface area contributed by atoms with Gasteiger partial charge in [0.05, 0.1) is 10.1 Å². The van der Waals surface area contributed by atoms with Crippen molar-refractivity contribution in [2.45, 2.75) is 19.8 Å². The van der Waals surface area contributed by atoms with Gasteiger partial charge in [-0.3, -0.25) is 0 Å². The van der Waals surface area contributed by atoms with Gasteiger partial charge >= 0.3 is 29.6 Å². The van der Waals surface area contributed by atoms with E-state index in [2.05, 4.69) is 12.2 Å². The summed E-state index contributed by atoms with van der Waals surface area (Å²) in [6, 6.07) is 0. The number of thiocarbonyl (C=S) groups is 1. The predicted molar refractivity (Wildman–Crippen MR) is 42.1 cm³/mol. The molecule has 0 N–H and O–H groups in total. The Kier molecular flexibility index (Phi) is 8.59. The Morgan fingerprint density at radius 1 is 1.55 bits per heavy atom. The average Bonchev–Trinajstić information content (AvgIpc) is 1.59. The fourth-order valence-electron chi connectivity index (χ4n) is 0.498. The number of rotatable bonds is 4. The van der Waals surface area contributed by atoms with Gasteiger partial charge in [-0.25, -0.2) is 8.42 Å². The zero-order valence-corrected chi connectivity index (χ0v) is 10.3. The normalized spacial score (nSPS) is 10.4. The standard InChI is InChI=1S/C5H10O3S2.Na/c1-5(9)3-2-4-10(6,7)8;/h2-4H2,1H3,(H,6,7,8);/q;+1/p-1. The summed E-state index contributed by atoms with van der Waals surface area (Å²) < 4.78 is 30.0. The molecule has 0 aromatic carbocycles. The molecule has 0 aliphatic rings. The summed E-state index contributed by atoms with van der Waals surface area (Å²) in [4.78, 5) is 0.739. The molecule has 0 amide bonds. The third-order valence-corrected chi connectivity index (χ3v) is 1.92. The Morgan fingerprint density at radius 2 is 2.00 bits per heavy atom. The zero-order valence-electron chi connectivity index (χ0n) is 6.66. The van der Waals surface area contributed by atoms with E-state index in [1.54, 1.807) is 6.92 Å². The van der Waals surface area contributed by atoms with Crippen molar-refractivity contribution in [2.24, 2.45) is 0 Å². The first-order valence-corrected chi connectivity index (χ1v) is 4.83. The Morgan fingerprint density at radius 3 is 2.27 bits per heavy atom. The molecule has 0 aromatic rings. The average molecular weight is 204 g/mol. The van der Waals surface area contributed by atoms with E-state index in [1.807, 2.05) is 0 Å². The fourth-order valence-corrected chi connectivity index (χ4v) is 1.14. The van der Waals surface area contributed by atoms with E-state index in [4.69, 9.17) is 0 Å². The van der Waals surface area contributed by atoms with E-state index in [9.17, 15) is 13.0 Å². The molecule has 6 heteroatoms. The quantitative estimate of drug-likeness (QED) is 0.294. The summed E-state index contributed by atoms with van der Waals surface area (Å²) in [7, 11) is -4.03. The first kappa shape index (κ1) is 14.5. The maximum absolute atomic E-state index is 10.0. The SMILES string of the molecule is CC(=S)CCCS(=O)(=O)[O-].[Na+]. The molecule has 3 nitrogen and oxygen atoms in total. The second kappa shape index (κ2) is 6.51. The Hall–Kier alpha value is 1.000. The summed E-state index contributed by atoms with van der Waals surface area (Å²) in [5, 5.41) is 0. The van der Waals surface area contributed by atoms with Crippen LogP contribution in [-0.4, -0.2) is 23.6 Å². The van der Waals surface area contributed by atoms with Gasteiger partial charge in [0.15, 0.2) is 0 Å². The van der Waals surface area contributed by atoms with Gasteiger partial charge in [-0.2, -0.15) is 0 Å². The van der Waals surface area contributed by atoms with Crippen molar-refractivity contribution in [1.82, 2.24) is 0 Å². The Labute approximate surface area is 94.6 Å². The molecule has 11 heavy (non-hydrogen) atoms. The molecule has 0 spiro atoms. The van der Waals surface area contributed by atoms with Crippen LogP contribution in [0.2, 0.25) is 0 Å². The van der Waals surface area contributed by atoms with Gasteiger partial charge in [0, 0.05) is 5.75 Å². The number of hydrogen-bond acceptors (Lipinski definition) is 4. The van der Waals surface area contributed by atoms with Crippen LogP contribution in [0.1, 0.15) is 19.8 Å². The maximum atomic E-state index is 10.0. The minimum atomic E-state index is -4.03. The van der Waals surface area contributed by atoms with Gasteiger partial charge in [-0.1, -0.05) is 12.2 Å². The molecule has 0 bridgehead atoms. The Balaban J connectivity index is 0. The molecule has 0 aliphatic carbocycles. The summed E-state index contributed by atoms with van der Waals surface area (Å²) in [6.45, 7) is 1.73. The van der Waals surface area contributed by atoms with E-state index in [0.717, 1.165) is 4.86 Å². The van der Waals surface area contributed by atoms with Gasteiger partial charge < -0.3 is 4.55 Å². The van der Waals surface area contributed by atoms with E-state index in [1.165, 1.54) is 0 Å². The molecule has 0 saturated heterocycles. The van der Waals surface area contributed by atoms with Crippen molar-refractivity contribution >= 4 is 27.2 Å². The van der Waals surface area contributed by atoms with Gasteiger partial charge in [0.2, 0.25) is 0 Å². The second-order valence-corrected chi connectivity index (χ2v) is 4.29. The van der Waals surface area contributed by atoms with Crippen LogP contribution in [0.4, 0.5) is 0 Å². The van der Waals surface area contributed by atoms with Crippen LogP contribution in [0.5, 0.6) is 0 Å². The van der Waals surface area contributed by atoms with Crippen LogP contribution in [0.25, 0.3) is 0 Å². The summed E-state index contributed by atoms with van der Waals surface area (Å²) in [5.74, 6) is -0.305. The summed E-state index contributed by atoms with van der Waals surface area (Å²) in [5.41, 5.74) is 0. The molecular weight excluding hydrogens is 195 g/mol. The third-order valence-electron chi connectivity index (χ3n) is 0.923. The monoisotopic (exact) mass is 204 g/mol. The second-order valence-electron chi connectivity index (χ2n) is 2.07. The van der Waals surface area contributed by atoms with Crippen LogP contribution in [0.15, 0.2) is 0 Å². The first-order valence-electron chi connectivity index (χ1n) is 2.85. The topological polar surface area (TPSA) is 57.2 Å². The van der Waals surface area contributed by atoms with Crippen LogP contribution in [0.3, 0.4) is 0 Å². The van der Waals surface area contributed by atoms with E-state index >= 15 is 0 Å². The van der Waals surface area contributed by atoms with E-state index < -0.39 is 10.1 Å². The molecular formula is C5H9NaO3S2. The molecule has 0 radical (unpaired) electrons.